The molecule has 0 bridgehead atoms. The van der Waals surface area contributed by atoms with Crippen molar-refractivity contribution in [1.82, 2.24) is 9.97 Å². The van der Waals surface area contributed by atoms with Gasteiger partial charge in [0.15, 0.2) is 0 Å². The van der Waals surface area contributed by atoms with E-state index in [1.54, 1.807) is 18.2 Å². The minimum atomic E-state index is -0.355. The Labute approximate surface area is 127 Å². The van der Waals surface area contributed by atoms with E-state index in [4.69, 9.17) is 4.74 Å². The summed E-state index contributed by atoms with van der Waals surface area (Å²) in [6.45, 7) is 0.0876. The highest BCUT2D eigenvalue weighted by atomic mass is 79.9. The molecule has 4 nitrogen and oxygen atoms in total. The molecule has 3 aromatic rings. The Hall–Kier alpha value is -2.21. The highest BCUT2D eigenvalue weighted by molar-refractivity contribution is 9.10. The lowest BCUT2D eigenvalue weighted by atomic mass is 10.2. The van der Waals surface area contributed by atoms with Crippen LogP contribution >= 0.6 is 15.9 Å². The maximum atomic E-state index is 13.0. The topological polar surface area (TPSA) is 55.0 Å². The summed E-state index contributed by atoms with van der Waals surface area (Å²) >= 11 is 3.22. The Morgan fingerprint density at radius 3 is 2.86 bits per heavy atom. The highest BCUT2D eigenvalue weighted by Gasteiger charge is 2.06. The molecule has 21 heavy (non-hydrogen) atoms. The minimum absolute atomic E-state index is 0.0876. The Kier molecular flexibility index (Phi) is 3.70. The number of hydrogen-bond acceptors (Lipinski definition) is 3. The summed E-state index contributed by atoms with van der Waals surface area (Å²) in [7, 11) is 0. The second-order valence-electron chi connectivity index (χ2n) is 4.39. The number of aromatic amines is 1. The standard InChI is InChI=1S/C15H10BrFN2O2/c16-11-7-9(17)5-6-13(11)21-8-14-18-12-4-2-1-3-10(12)15(20)19-14/h1-7H,8H2,(H,18,19,20). The first-order valence-electron chi connectivity index (χ1n) is 6.19. The van der Waals surface area contributed by atoms with Gasteiger partial charge >= 0.3 is 0 Å². The Morgan fingerprint density at radius 2 is 2.05 bits per heavy atom. The molecule has 1 aromatic heterocycles. The van der Waals surface area contributed by atoms with Crippen molar-refractivity contribution in [3.8, 4) is 5.75 Å². The molecule has 0 aliphatic rings. The van der Waals surface area contributed by atoms with Crippen molar-refractivity contribution in [2.45, 2.75) is 6.61 Å². The summed E-state index contributed by atoms with van der Waals surface area (Å²) in [4.78, 5) is 18.9. The van der Waals surface area contributed by atoms with Crippen LogP contribution in [0.25, 0.3) is 10.9 Å². The number of fused-ring (bicyclic) bond motifs is 1. The third kappa shape index (κ3) is 2.95. The van der Waals surface area contributed by atoms with Gasteiger partial charge in [-0.2, -0.15) is 0 Å². The van der Waals surface area contributed by atoms with Gasteiger partial charge in [0.2, 0.25) is 0 Å². The van der Waals surface area contributed by atoms with Gasteiger partial charge in [0.1, 0.15) is 24.0 Å². The lowest BCUT2D eigenvalue weighted by Gasteiger charge is -2.08. The molecule has 1 heterocycles. The molecule has 0 unspecified atom stereocenters. The van der Waals surface area contributed by atoms with Gasteiger partial charge in [-0.05, 0) is 46.3 Å². The molecule has 0 atom stereocenters. The molecule has 0 aliphatic heterocycles. The Bertz CT molecular complexity index is 864. The number of hydrogen-bond donors (Lipinski definition) is 1. The van der Waals surface area contributed by atoms with E-state index in [0.29, 0.717) is 26.9 Å². The molecular weight excluding hydrogens is 339 g/mol. The van der Waals surface area contributed by atoms with E-state index in [-0.39, 0.29) is 18.0 Å². The molecule has 2 aromatic carbocycles. The van der Waals surface area contributed by atoms with Crippen molar-refractivity contribution in [2.75, 3.05) is 0 Å². The molecule has 0 radical (unpaired) electrons. The third-order valence-corrected chi connectivity index (χ3v) is 3.54. The summed E-state index contributed by atoms with van der Waals surface area (Å²) < 4.78 is 19.0. The van der Waals surface area contributed by atoms with E-state index in [2.05, 4.69) is 25.9 Å². The Morgan fingerprint density at radius 1 is 1.24 bits per heavy atom. The zero-order valence-electron chi connectivity index (χ0n) is 10.8. The van der Waals surface area contributed by atoms with Crippen LogP contribution in [0.5, 0.6) is 5.75 Å². The van der Waals surface area contributed by atoms with E-state index in [0.717, 1.165) is 0 Å². The molecule has 0 spiro atoms. The first-order valence-corrected chi connectivity index (χ1v) is 6.98. The summed E-state index contributed by atoms with van der Waals surface area (Å²) in [5.41, 5.74) is 0.399. The minimum Gasteiger partial charge on any atom is -0.485 e. The smallest absolute Gasteiger partial charge is 0.258 e. The van der Waals surface area contributed by atoms with Crippen molar-refractivity contribution in [2.24, 2.45) is 0 Å². The number of rotatable bonds is 3. The number of benzene rings is 2. The maximum absolute atomic E-state index is 13.0. The van der Waals surface area contributed by atoms with Crippen LogP contribution in [0.2, 0.25) is 0 Å². The van der Waals surface area contributed by atoms with Gasteiger partial charge in [-0.3, -0.25) is 4.79 Å². The molecule has 0 aliphatic carbocycles. The van der Waals surface area contributed by atoms with Crippen LogP contribution in [-0.4, -0.2) is 9.97 Å². The molecule has 0 saturated carbocycles. The van der Waals surface area contributed by atoms with Gasteiger partial charge in [0.05, 0.1) is 15.4 Å². The van der Waals surface area contributed by atoms with E-state index in [9.17, 15) is 9.18 Å². The van der Waals surface area contributed by atoms with Gasteiger partial charge in [-0.15, -0.1) is 0 Å². The van der Waals surface area contributed by atoms with Crippen molar-refractivity contribution >= 4 is 26.8 Å². The van der Waals surface area contributed by atoms with E-state index in [1.165, 1.54) is 18.2 Å². The summed E-state index contributed by atoms with van der Waals surface area (Å²) in [6, 6.07) is 11.2. The zero-order chi connectivity index (χ0) is 14.8. The van der Waals surface area contributed by atoms with Gasteiger partial charge in [0, 0.05) is 0 Å². The highest BCUT2D eigenvalue weighted by Crippen LogP contribution is 2.25. The Balaban J connectivity index is 1.87. The summed E-state index contributed by atoms with van der Waals surface area (Å²) in [5, 5.41) is 0.532. The predicted octanol–water partition coefficient (Wildman–Crippen LogP) is 3.40. The number of H-pyrrole nitrogens is 1. The number of nitrogens with zero attached hydrogens (tertiary/aromatic N) is 1. The van der Waals surface area contributed by atoms with Gasteiger partial charge in [-0.1, -0.05) is 12.1 Å². The monoisotopic (exact) mass is 348 g/mol. The van der Waals surface area contributed by atoms with Crippen molar-refractivity contribution < 1.29 is 9.13 Å². The zero-order valence-corrected chi connectivity index (χ0v) is 12.4. The quantitative estimate of drug-likeness (QED) is 0.789. The SMILES string of the molecule is O=c1[nH]c(COc2ccc(F)cc2Br)nc2ccccc12. The molecular formula is C15H10BrFN2O2. The van der Waals surface area contributed by atoms with Crippen LogP contribution in [0, 0.1) is 5.82 Å². The third-order valence-electron chi connectivity index (χ3n) is 2.92. The van der Waals surface area contributed by atoms with Gasteiger partial charge < -0.3 is 9.72 Å². The largest absolute Gasteiger partial charge is 0.485 e. The molecule has 0 saturated heterocycles. The van der Waals surface area contributed by atoms with Crippen LogP contribution in [-0.2, 0) is 6.61 Å². The first-order chi connectivity index (χ1) is 10.1. The fourth-order valence-electron chi connectivity index (χ4n) is 1.94. The molecule has 6 heteroatoms. The number of para-hydroxylation sites is 1. The number of halogens is 2. The maximum Gasteiger partial charge on any atom is 0.258 e. The lowest BCUT2D eigenvalue weighted by molar-refractivity contribution is 0.293. The van der Waals surface area contributed by atoms with E-state index in [1.807, 2.05) is 6.07 Å². The van der Waals surface area contributed by atoms with Gasteiger partial charge in [0.25, 0.3) is 5.56 Å². The van der Waals surface area contributed by atoms with E-state index >= 15 is 0 Å². The summed E-state index contributed by atoms with van der Waals surface area (Å²) in [6.07, 6.45) is 0. The lowest BCUT2D eigenvalue weighted by Crippen LogP contribution is -2.13. The second kappa shape index (κ2) is 5.65. The van der Waals surface area contributed by atoms with Crippen molar-refractivity contribution in [3.63, 3.8) is 0 Å². The fourth-order valence-corrected chi connectivity index (χ4v) is 2.41. The van der Waals surface area contributed by atoms with Crippen LogP contribution in [0.4, 0.5) is 4.39 Å². The second-order valence-corrected chi connectivity index (χ2v) is 5.25. The normalized spacial score (nSPS) is 10.8. The molecule has 3 rings (SSSR count). The molecule has 106 valence electrons. The first kappa shape index (κ1) is 13.8. The fraction of sp³-hybridized carbons (Fsp3) is 0.0667. The number of nitrogens with one attached hydrogen (secondary N) is 1. The van der Waals surface area contributed by atoms with Crippen molar-refractivity contribution in [1.29, 1.82) is 0 Å². The molecule has 1 N–H and O–H groups in total. The van der Waals surface area contributed by atoms with E-state index < -0.39 is 0 Å². The summed E-state index contributed by atoms with van der Waals surface area (Å²) in [5.74, 6) is 0.536. The van der Waals surface area contributed by atoms with Crippen LogP contribution in [0.1, 0.15) is 5.82 Å². The average Bonchev–Trinajstić information content (AvgIpc) is 2.46. The average molecular weight is 349 g/mol. The van der Waals surface area contributed by atoms with Crippen LogP contribution < -0.4 is 10.3 Å². The van der Waals surface area contributed by atoms with Crippen molar-refractivity contribution in [3.05, 3.63) is 68.9 Å². The number of ether oxygens (including phenoxy) is 1. The molecule has 0 amide bonds. The van der Waals surface area contributed by atoms with Crippen LogP contribution in [0.3, 0.4) is 0 Å². The van der Waals surface area contributed by atoms with Crippen LogP contribution in [0.15, 0.2) is 51.7 Å². The molecule has 0 fully saturated rings. The number of aromatic nitrogens is 2. The van der Waals surface area contributed by atoms with Gasteiger partial charge in [-0.25, -0.2) is 9.37 Å². The predicted molar refractivity (Wildman–Crippen MR) is 80.8 cm³/mol.